The van der Waals surface area contributed by atoms with E-state index in [9.17, 15) is 4.79 Å². The number of nitrogens with zero attached hydrogens (tertiary/aromatic N) is 5. The number of likely N-dealkylation sites (tertiary alicyclic amines) is 1. The molecule has 1 aliphatic rings. The third kappa shape index (κ3) is 3.45. The van der Waals surface area contributed by atoms with Crippen LogP contribution in [-0.2, 0) is 6.54 Å². The van der Waals surface area contributed by atoms with E-state index in [1.54, 1.807) is 25.0 Å². The number of hydrogen-bond acceptors (Lipinski definition) is 4. The Labute approximate surface area is 145 Å². The number of aromatic nitrogens is 4. The molecule has 2 aromatic heterocycles. The number of anilines is 1. The van der Waals surface area contributed by atoms with E-state index in [1.807, 2.05) is 33.8 Å². The Morgan fingerprint density at radius 3 is 3.12 bits per heavy atom. The summed E-state index contributed by atoms with van der Waals surface area (Å²) in [5.41, 5.74) is 0.822. The fraction of sp³-hybridized carbons (Fsp3) is 0.333. The largest absolute Gasteiger partial charge is 0.324 e. The molecule has 0 spiro atoms. The van der Waals surface area contributed by atoms with Crippen LogP contribution in [-0.4, -0.2) is 43.8 Å². The summed E-state index contributed by atoms with van der Waals surface area (Å²) in [5, 5.41) is 9.24. The van der Waals surface area contributed by atoms with Gasteiger partial charge in [-0.2, -0.15) is 5.10 Å². The fourth-order valence-electron chi connectivity index (χ4n) is 3.42. The van der Waals surface area contributed by atoms with Crippen molar-refractivity contribution in [3.05, 3.63) is 49.3 Å². The molecule has 0 aliphatic carbocycles. The molecule has 0 saturated carbocycles. The van der Waals surface area contributed by atoms with E-state index in [2.05, 4.69) is 20.4 Å². The number of urea groups is 1. The first-order valence-corrected chi connectivity index (χ1v) is 8.51. The van der Waals surface area contributed by atoms with Gasteiger partial charge >= 0.3 is 6.03 Å². The van der Waals surface area contributed by atoms with Crippen molar-refractivity contribution < 1.29 is 4.79 Å². The zero-order valence-corrected chi connectivity index (χ0v) is 13.9. The van der Waals surface area contributed by atoms with Crippen molar-refractivity contribution in [2.24, 2.45) is 5.92 Å². The van der Waals surface area contributed by atoms with Crippen LogP contribution in [0.2, 0.25) is 0 Å². The lowest BCUT2D eigenvalue weighted by molar-refractivity contribution is 0.168. The summed E-state index contributed by atoms with van der Waals surface area (Å²) in [5.74, 6) is 0.401. The lowest BCUT2D eigenvalue weighted by atomic mass is 9.98. The number of carbonyl (C=O) groups is 1. The molecule has 1 saturated heterocycles. The molecule has 0 radical (unpaired) electrons. The number of fused-ring (bicyclic) bond motifs is 1. The number of nitrogens with one attached hydrogen (secondary N) is 1. The highest BCUT2D eigenvalue weighted by Crippen LogP contribution is 2.24. The van der Waals surface area contributed by atoms with Gasteiger partial charge in [0.1, 0.15) is 12.7 Å². The molecule has 0 unspecified atom stereocenters. The molecule has 3 heterocycles. The van der Waals surface area contributed by atoms with Crippen LogP contribution in [0.1, 0.15) is 12.8 Å². The van der Waals surface area contributed by atoms with Gasteiger partial charge in [-0.25, -0.2) is 9.78 Å². The maximum absolute atomic E-state index is 12.7. The summed E-state index contributed by atoms with van der Waals surface area (Å²) >= 11 is 0. The van der Waals surface area contributed by atoms with E-state index in [0.29, 0.717) is 5.92 Å². The number of amides is 2. The minimum Gasteiger partial charge on any atom is -0.324 e. The standard InChI is InChI=1S/C18H20N6O/c25-18(22-17-5-1-4-15-9-19-7-6-16(15)17)23-8-2-3-14(10-23)11-24-13-20-12-21-24/h1,4-7,9,12-14H,2-3,8,10-11H2,(H,22,25)/t14-/m0/s1. The predicted molar refractivity (Wildman–Crippen MR) is 95.1 cm³/mol. The van der Waals surface area contributed by atoms with Crippen LogP contribution in [0.3, 0.4) is 0 Å². The first kappa shape index (κ1) is 15.6. The van der Waals surface area contributed by atoms with Gasteiger partial charge in [0, 0.05) is 42.8 Å². The van der Waals surface area contributed by atoms with Gasteiger partial charge in [0.05, 0.1) is 5.69 Å². The molecular weight excluding hydrogens is 316 g/mol. The molecule has 7 nitrogen and oxygen atoms in total. The van der Waals surface area contributed by atoms with Crippen molar-refractivity contribution in [2.45, 2.75) is 19.4 Å². The quantitative estimate of drug-likeness (QED) is 0.798. The number of benzene rings is 1. The van der Waals surface area contributed by atoms with Crippen molar-refractivity contribution in [3.8, 4) is 0 Å². The monoisotopic (exact) mass is 336 g/mol. The minimum absolute atomic E-state index is 0.0485. The first-order valence-electron chi connectivity index (χ1n) is 8.51. The number of piperidine rings is 1. The molecule has 3 aromatic rings. The van der Waals surface area contributed by atoms with Crippen molar-refractivity contribution in [2.75, 3.05) is 18.4 Å². The van der Waals surface area contributed by atoms with Crippen LogP contribution in [0.25, 0.3) is 10.8 Å². The van der Waals surface area contributed by atoms with E-state index in [1.165, 1.54) is 0 Å². The van der Waals surface area contributed by atoms with Crippen molar-refractivity contribution in [1.82, 2.24) is 24.6 Å². The average Bonchev–Trinajstić information content (AvgIpc) is 3.15. The molecule has 7 heteroatoms. The van der Waals surface area contributed by atoms with Crippen molar-refractivity contribution in [3.63, 3.8) is 0 Å². The Morgan fingerprint density at radius 1 is 1.28 bits per heavy atom. The maximum atomic E-state index is 12.7. The Bertz CT molecular complexity index is 858. The van der Waals surface area contributed by atoms with Gasteiger partial charge in [0.25, 0.3) is 0 Å². The third-order valence-corrected chi connectivity index (χ3v) is 4.64. The Hall–Kier alpha value is -2.96. The highest BCUT2D eigenvalue weighted by atomic mass is 16.2. The van der Waals surface area contributed by atoms with E-state index in [-0.39, 0.29) is 6.03 Å². The van der Waals surface area contributed by atoms with Crippen molar-refractivity contribution >= 4 is 22.5 Å². The summed E-state index contributed by atoms with van der Waals surface area (Å²) < 4.78 is 1.84. The lowest BCUT2D eigenvalue weighted by Crippen LogP contribution is -2.43. The van der Waals surface area contributed by atoms with Crippen LogP contribution in [0, 0.1) is 5.92 Å². The van der Waals surface area contributed by atoms with E-state index in [4.69, 9.17) is 0 Å². The number of rotatable bonds is 3. The van der Waals surface area contributed by atoms with Crippen LogP contribution < -0.4 is 5.32 Å². The molecule has 1 aliphatic heterocycles. The number of hydrogen-bond donors (Lipinski definition) is 1. The second kappa shape index (κ2) is 6.88. The lowest BCUT2D eigenvalue weighted by Gasteiger charge is -2.32. The van der Waals surface area contributed by atoms with Gasteiger partial charge in [-0.05, 0) is 30.9 Å². The van der Waals surface area contributed by atoms with Crippen LogP contribution >= 0.6 is 0 Å². The molecule has 1 atom stereocenters. The zero-order chi connectivity index (χ0) is 17.1. The summed E-state index contributed by atoms with van der Waals surface area (Å²) in [7, 11) is 0. The summed E-state index contributed by atoms with van der Waals surface area (Å²) in [6, 6.07) is 7.73. The second-order valence-corrected chi connectivity index (χ2v) is 6.40. The highest BCUT2D eigenvalue weighted by Gasteiger charge is 2.24. The minimum atomic E-state index is -0.0485. The van der Waals surface area contributed by atoms with Gasteiger partial charge < -0.3 is 10.2 Å². The van der Waals surface area contributed by atoms with Crippen molar-refractivity contribution in [1.29, 1.82) is 0 Å². The van der Waals surface area contributed by atoms with Gasteiger partial charge in [0.2, 0.25) is 0 Å². The molecule has 1 fully saturated rings. The van der Waals surface area contributed by atoms with Gasteiger partial charge in [0.15, 0.2) is 0 Å². The molecule has 2 amide bonds. The molecule has 1 N–H and O–H groups in total. The molecule has 25 heavy (non-hydrogen) atoms. The Kier molecular flexibility index (Phi) is 4.28. The summed E-state index contributed by atoms with van der Waals surface area (Å²) in [6.07, 6.45) is 8.93. The van der Waals surface area contributed by atoms with E-state index >= 15 is 0 Å². The van der Waals surface area contributed by atoms with Crippen LogP contribution in [0.15, 0.2) is 49.3 Å². The molecular formula is C18H20N6O. The fourth-order valence-corrected chi connectivity index (χ4v) is 3.42. The predicted octanol–water partition coefficient (Wildman–Crippen LogP) is 2.77. The normalized spacial score (nSPS) is 17.6. The second-order valence-electron chi connectivity index (χ2n) is 6.40. The average molecular weight is 336 g/mol. The summed E-state index contributed by atoms with van der Waals surface area (Å²) in [4.78, 5) is 22.7. The van der Waals surface area contributed by atoms with Gasteiger partial charge in [-0.1, -0.05) is 12.1 Å². The van der Waals surface area contributed by atoms with Gasteiger partial charge in [-0.3, -0.25) is 9.67 Å². The van der Waals surface area contributed by atoms with Crippen LogP contribution in [0.4, 0.5) is 10.5 Å². The zero-order valence-electron chi connectivity index (χ0n) is 13.9. The maximum Gasteiger partial charge on any atom is 0.321 e. The Balaban J connectivity index is 1.45. The smallest absolute Gasteiger partial charge is 0.321 e. The Morgan fingerprint density at radius 2 is 2.24 bits per heavy atom. The molecule has 4 rings (SSSR count). The number of carbonyl (C=O) groups excluding carboxylic acids is 1. The molecule has 0 bridgehead atoms. The number of pyridine rings is 1. The molecule has 1 aromatic carbocycles. The van der Waals surface area contributed by atoms with Crippen LogP contribution in [0.5, 0.6) is 0 Å². The first-order chi connectivity index (χ1) is 12.3. The third-order valence-electron chi connectivity index (χ3n) is 4.64. The SMILES string of the molecule is O=C(Nc1cccc2cnccc12)N1CCC[C@H](Cn2cncn2)C1. The summed E-state index contributed by atoms with van der Waals surface area (Å²) in [6.45, 7) is 2.31. The molecule has 128 valence electrons. The topological polar surface area (TPSA) is 75.9 Å². The van der Waals surface area contributed by atoms with E-state index < -0.39 is 0 Å². The highest BCUT2D eigenvalue weighted by molar-refractivity contribution is 6.01. The van der Waals surface area contributed by atoms with Gasteiger partial charge in [-0.15, -0.1) is 0 Å². The van der Waals surface area contributed by atoms with E-state index in [0.717, 1.165) is 48.9 Å².